The molecule has 2 heterocycles. The fourth-order valence-corrected chi connectivity index (χ4v) is 3.11. The zero-order chi connectivity index (χ0) is 16.8. The number of hydrogen-bond acceptors (Lipinski definition) is 4. The number of likely N-dealkylation sites (tertiary alicyclic amines) is 1. The number of piperidine rings is 1. The van der Waals surface area contributed by atoms with E-state index in [0.29, 0.717) is 37.2 Å². The van der Waals surface area contributed by atoms with Crippen LogP contribution in [0, 0.1) is 12.8 Å². The summed E-state index contributed by atoms with van der Waals surface area (Å²) < 4.78 is 0. The number of aromatic amines is 1. The Balaban J connectivity index is 1.68. The molecule has 0 spiro atoms. The van der Waals surface area contributed by atoms with Gasteiger partial charge in [-0.15, -0.1) is 0 Å². The summed E-state index contributed by atoms with van der Waals surface area (Å²) in [6.07, 6.45) is 3.39. The van der Waals surface area contributed by atoms with Gasteiger partial charge in [-0.3, -0.25) is 9.59 Å². The average molecular weight is 320 g/mol. The molecule has 0 bridgehead atoms. The lowest BCUT2D eigenvalue weighted by atomic mass is 9.92. The average Bonchev–Trinajstić information content (AvgIpc) is 2.46. The van der Waals surface area contributed by atoms with Crippen LogP contribution in [0.3, 0.4) is 0 Å². The molecule has 0 atom stereocenters. The summed E-state index contributed by atoms with van der Waals surface area (Å²) >= 11 is 0. The van der Waals surface area contributed by atoms with E-state index in [1.807, 2.05) is 0 Å². The van der Waals surface area contributed by atoms with Crippen LogP contribution in [0.5, 0.6) is 0 Å². The van der Waals surface area contributed by atoms with Gasteiger partial charge in [0, 0.05) is 37.2 Å². The molecule has 0 radical (unpaired) electrons. The van der Waals surface area contributed by atoms with Crippen molar-refractivity contribution < 1.29 is 4.79 Å². The van der Waals surface area contributed by atoms with Crippen LogP contribution < -0.4 is 10.9 Å². The van der Waals surface area contributed by atoms with Crippen LogP contribution >= 0.6 is 0 Å². The molecular formula is C17H28N4O2. The lowest BCUT2D eigenvalue weighted by molar-refractivity contribution is -0.122. The van der Waals surface area contributed by atoms with E-state index < -0.39 is 0 Å². The van der Waals surface area contributed by atoms with Crippen molar-refractivity contribution in [1.29, 1.82) is 0 Å². The number of carbonyl (C=O) groups excluding carboxylic acids is 1. The molecule has 0 aromatic carbocycles. The van der Waals surface area contributed by atoms with E-state index in [4.69, 9.17) is 0 Å². The van der Waals surface area contributed by atoms with E-state index in [0.717, 1.165) is 31.6 Å². The maximum atomic E-state index is 12.0. The Kier molecular flexibility index (Phi) is 6.33. The molecule has 1 aromatic heterocycles. The minimum atomic E-state index is -0.143. The van der Waals surface area contributed by atoms with Crippen molar-refractivity contribution in [3.05, 3.63) is 27.9 Å². The number of hydrogen-bond donors (Lipinski definition) is 2. The Morgan fingerprint density at radius 2 is 2.13 bits per heavy atom. The molecule has 6 heteroatoms. The minimum Gasteiger partial charge on any atom is -0.356 e. The predicted octanol–water partition coefficient (Wildman–Crippen LogP) is 1.25. The summed E-state index contributed by atoms with van der Waals surface area (Å²) in [6, 6.07) is 2.08. The van der Waals surface area contributed by atoms with Crippen LogP contribution in [-0.2, 0) is 11.2 Å². The molecule has 1 fully saturated rings. The summed E-state index contributed by atoms with van der Waals surface area (Å²) in [4.78, 5) is 32.7. The molecule has 0 saturated carbocycles. The second kappa shape index (κ2) is 8.24. The maximum absolute atomic E-state index is 12.0. The number of nitrogens with zero attached hydrogens (tertiary/aromatic N) is 2. The van der Waals surface area contributed by atoms with Crippen molar-refractivity contribution in [3.63, 3.8) is 0 Å². The minimum absolute atomic E-state index is 0.106. The van der Waals surface area contributed by atoms with Gasteiger partial charge in [0.2, 0.25) is 5.91 Å². The highest BCUT2D eigenvalue weighted by Gasteiger charge is 2.22. The Hall–Kier alpha value is -1.69. The fourth-order valence-electron chi connectivity index (χ4n) is 3.11. The van der Waals surface area contributed by atoms with Crippen LogP contribution in [0.15, 0.2) is 10.9 Å². The molecule has 0 unspecified atom stereocenters. The van der Waals surface area contributed by atoms with E-state index >= 15 is 0 Å². The normalized spacial score (nSPS) is 16.7. The first-order valence-electron chi connectivity index (χ1n) is 8.51. The van der Waals surface area contributed by atoms with Crippen molar-refractivity contribution in [2.75, 3.05) is 19.6 Å². The van der Waals surface area contributed by atoms with Crippen LogP contribution in [0.25, 0.3) is 0 Å². The van der Waals surface area contributed by atoms with E-state index in [1.165, 1.54) is 6.07 Å². The van der Waals surface area contributed by atoms with Crippen LogP contribution in [0.1, 0.15) is 44.6 Å². The highest BCUT2D eigenvalue weighted by Crippen LogP contribution is 2.21. The summed E-state index contributed by atoms with van der Waals surface area (Å²) in [5.74, 6) is 1.20. The molecule has 1 aliphatic heterocycles. The molecule has 128 valence electrons. The second-order valence-electron chi connectivity index (χ2n) is 6.70. The fraction of sp³-hybridized carbons (Fsp3) is 0.706. The van der Waals surface area contributed by atoms with Gasteiger partial charge in [-0.25, -0.2) is 4.98 Å². The Labute approximate surface area is 137 Å². The molecule has 2 N–H and O–H groups in total. The number of rotatable bonds is 6. The van der Waals surface area contributed by atoms with Gasteiger partial charge in [0.1, 0.15) is 5.82 Å². The van der Waals surface area contributed by atoms with Gasteiger partial charge in [-0.05, 0) is 52.6 Å². The first-order chi connectivity index (χ1) is 10.9. The molecule has 6 nitrogen and oxygen atoms in total. The quantitative estimate of drug-likeness (QED) is 0.827. The summed E-state index contributed by atoms with van der Waals surface area (Å²) in [5.41, 5.74) is 0.576. The van der Waals surface area contributed by atoms with Crippen LogP contribution in [0.4, 0.5) is 0 Å². The van der Waals surface area contributed by atoms with Crippen molar-refractivity contribution in [2.45, 2.75) is 52.5 Å². The first kappa shape index (κ1) is 17.7. The third kappa shape index (κ3) is 5.78. The largest absolute Gasteiger partial charge is 0.356 e. The molecule has 0 aliphatic carbocycles. The smallest absolute Gasteiger partial charge is 0.251 e. The number of aromatic nitrogens is 2. The highest BCUT2D eigenvalue weighted by atomic mass is 16.1. The van der Waals surface area contributed by atoms with Gasteiger partial charge < -0.3 is 15.2 Å². The second-order valence-corrected chi connectivity index (χ2v) is 6.70. The highest BCUT2D eigenvalue weighted by molar-refractivity contribution is 5.76. The van der Waals surface area contributed by atoms with Gasteiger partial charge >= 0.3 is 0 Å². The third-order valence-corrected chi connectivity index (χ3v) is 4.47. The molecule has 1 saturated heterocycles. The molecular weight excluding hydrogens is 292 g/mol. The summed E-state index contributed by atoms with van der Waals surface area (Å²) in [5, 5.41) is 2.95. The van der Waals surface area contributed by atoms with Crippen molar-refractivity contribution in [3.8, 4) is 0 Å². The van der Waals surface area contributed by atoms with Gasteiger partial charge in [-0.2, -0.15) is 0 Å². The molecule has 2 rings (SSSR count). The number of amides is 1. The van der Waals surface area contributed by atoms with E-state index in [-0.39, 0.29) is 11.5 Å². The zero-order valence-corrected chi connectivity index (χ0v) is 14.4. The molecule has 1 amide bonds. The maximum Gasteiger partial charge on any atom is 0.251 e. The summed E-state index contributed by atoms with van der Waals surface area (Å²) in [7, 11) is 0. The zero-order valence-electron chi connectivity index (χ0n) is 14.4. The molecule has 1 aromatic rings. The Morgan fingerprint density at radius 1 is 1.43 bits per heavy atom. The van der Waals surface area contributed by atoms with Crippen molar-refractivity contribution in [2.24, 2.45) is 5.92 Å². The molecule has 1 aliphatic rings. The Bertz CT molecular complexity index is 574. The first-order valence-corrected chi connectivity index (χ1v) is 8.51. The van der Waals surface area contributed by atoms with E-state index in [1.54, 1.807) is 6.92 Å². The predicted molar refractivity (Wildman–Crippen MR) is 90.4 cm³/mol. The monoisotopic (exact) mass is 320 g/mol. The van der Waals surface area contributed by atoms with E-state index in [9.17, 15) is 9.59 Å². The van der Waals surface area contributed by atoms with Crippen LogP contribution in [0.2, 0.25) is 0 Å². The van der Waals surface area contributed by atoms with E-state index in [2.05, 4.69) is 34.0 Å². The summed E-state index contributed by atoms with van der Waals surface area (Å²) in [6.45, 7) is 8.90. The van der Waals surface area contributed by atoms with Crippen molar-refractivity contribution >= 4 is 5.91 Å². The third-order valence-electron chi connectivity index (χ3n) is 4.47. The lowest BCUT2D eigenvalue weighted by Gasteiger charge is -2.34. The Morgan fingerprint density at radius 3 is 2.74 bits per heavy atom. The lowest BCUT2D eigenvalue weighted by Crippen LogP contribution is -2.39. The van der Waals surface area contributed by atoms with Crippen LogP contribution in [-0.4, -0.2) is 46.5 Å². The topological polar surface area (TPSA) is 78.1 Å². The van der Waals surface area contributed by atoms with Gasteiger partial charge in [0.05, 0.1) is 0 Å². The number of aryl methyl sites for hydroxylation is 1. The SMILES string of the molecule is Cc1nc(CCNC(=O)CC2CCN(C(C)C)CC2)cc(=O)[nH]1. The standard InChI is InChI=1S/C17H28N4O2/c1-12(2)21-8-5-14(6-9-21)10-16(22)18-7-4-15-11-17(23)20-13(3)19-15/h11-12,14H,4-10H2,1-3H3,(H,18,22)(H,19,20,23). The number of carbonyl (C=O) groups is 1. The molecule has 23 heavy (non-hydrogen) atoms. The van der Waals surface area contributed by atoms with Crippen molar-refractivity contribution in [1.82, 2.24) is 20.2 Å². The number of nitrogens with one attached hydrogen (secondary N) is 2. The van der Waals surface area contributed by atoms with Gasteiger partial charge in [0.15, 0.2) is 0 Å². The number of H-pyrrole nitrogens is 1. The van der Waals surface area contributed by atoms with Gasteiger partial charge in [0.25, 0.3) is 5.56 Å². The van der Waals surface area contributed by atoms with Gasteiger partial charge in [-0.1, -0.05) is 0 Å².